The van der Waals surface area contributed by atoms with Gasteiger partial charge in [0.25, 0.3) is 17.7 Å². The largest absolute Gasteiger partial charge is 0.497 e. The van der Waals surface area contributed by atoms with Crippen LogP contribution in [0.2, 0.25) is 0 Å². The third-order valence-corrected chi connectivity index (χ3v) is 6.83. The minimum absolute atomic E-state index is 0.279. The summed E-state index contributed by atoms with van der Waals surface area (Å²) in [5.41, 5.74) is 3.95. The van der Waals surface area contributed by atoms with E-state index in [4.69, 9.17) is 10.00 Å². The Bertz CT molecular complexity index is 1810. The predicted octanol–water partition coefficient (Wildman–Crippen LogP) is 3.42. The van der Waals surface area contributed by atoms with Crippen LogP contribution in [0.1, 0.15) is 42.5 Å². The number of aromatic nitrogens is 2. The molecule has 0 fully saturated rings. The van der Waals surface area contributed by atoms with Gasteiger partial charge >= 0.3 is 0 Å². The monoisotopic (exact) mass is 621 g/mol. The number of carbonyl (C=O) groups is 3. The van der Waals surface area contributed by atoms with Gasteiger partial charge in [0.1, 0.15) is 17.1 Å². The highest BCUT2D eigenvalue weighted by molar-refractivity contribution is 6.07. The lowest BCUT2D eigenvalue weighted by atomic mass is 10.1. The van der Waals surface area contributed by atoms with Crippen molar-refractivity contribution in [2.24, 2.45) is 19.1 Å². The van der Waals surface area contributed by atoms with Gasteiger partial charge in [-0.15, -0.1) is 0 Å². The van der Waals surface area contributed by atoms with E-state index >= 15 is 0 Å². The normalized spacial score (nSPS) is 11.1. The summed E-state index contributed by atoms with van der Waals surface area (Å²) < 4.78 is 8.47. The van der Waals surface area contributed by atoms with Gasteiger partial charge in [-0.1, -0.05) is 36.4 Å². The molecule has 13 heteroatoms. The molecule has 2 heterocycles. The quantitative estimate of drug-likeness (QED) is 0.0427. The van der Waals surface area contributed by atoms with Crippen molar-refractivity contribution >= 4 is 47.2 Å². The van der Waals surface area contributed by atoms with E-state index in [0.717, 1.165) is 16.9 Å². The molecular weight excluding hydrogens is 586 g/mol. The van der Waals surface area contributed by atoms with E-state index < -0.39 is 5.91 Å². The summed E-state index contributed by atoms with van der Waals surface area (Å²) in [6.07, 6.45) is 8.97. The second-order valence-corrected chi connectivity index (χ2v) is 10.1. The van der Waals surface area contributed by atoms with E-state index in [-0.39, 0.29) is 18.4 Å². The summed E-state index contributed by atoms with van der Waals surface area (Å²) in [5.74, 6) is 0.0211. The number of amides is 3. The number of nitrogens with zero attached hydrogens (tertiary/aromatic N) is 4. The average molecular weight is 622 g/mol. The van der Waals surface area contributed by atoms with Crippen molar-refractivity contribution in [3.05, 3.63) is 101 Å². The minimum atomic E-state index is -0.409. The van der Waals surface area contributed by atoms with Crippen molar-refractivity contribution in [1.29, 1.82) is 5.26 Å². The van der Waals surface area contributed by atoms with Crippen molar-refractivity contribution in [3.63, 3.8) is 0 Å². The van der Waals surface area contributed by atoms with Gasteiger partial charge in [0.15, 0.2) is 6.19 Å². The number of benzene rings is 2. The molecule has 46 heavy (non-hydrogen) atoms. The van der Waals surface area contributed by atoms with Gasteiger partial charge in [0.05, 0.1) is 18.5 Å². The van der Waals surface area contributed by atoms with Gasteiger partial charge in [-0.25, -0.2) is 0 Å². The SMILES string of the molecule is CN=C(NC#N)NCCNC(=O)c1cc(NC(=O)c2cc(NC(=O)c3ccc(/C=C/c4cccc(OC)c4)cc3)cn2C)cn1C. The number of rotatable bonds is 11. The highest BCUT2D eigenvalue weighted by atomic mass is 16.5. The fourth-order valence-electron chi connectivity index (χ4n) is 4.48. The van der Waals surface area contributed by atoms with Gasteiger partial charge < -0.3 is 35.1 Å². The van der Waals surface area contributed by atoms with Gasteiger partial charge in [-0.05, 0) is 47.5 Å². The van der Waals surface area contributed by atoms with Crippen LogP contribution in [0.3, 0.4) is 0 Å². The van der Waals surface area contributed by atoms with Crippen LogP contribution in [0.15, 0.2) is 78.0 Å². The van der Waals surface area contributed by atoms with Crippen LogP contribution in [-0.2, 0) is 14.1 Å². The summed E-state index contributed by atoms with van der Waals surface area (Å²) in [6.45, 7) is 0.627. The lowest BCUT2D eigenvalue weighted by Crippen LogP contribution is -2.40. The van der Waals surface area contributed by atoms with E-state index in [9.17, 15) is 14.4 Å². The van der Waals surface area contributed by atoms with Crippen molar-refractivity contribution in [3.8, 4) is 11.9 Å². The van der Waals surface area contributed by atoms with E-state index in [2.05, 4.69) is 31.6 Å². The van der Waals surface area contributed by atoms with Crippen molar-refractivity contribution in [2.45, 2.75) is 0 Å². The van der Waals surface area contributed by atoms with Crippen LogP contribution in [0.25, 0.3) is 12.2 Å². The molecule has 0 saturated carbocycles. The third kappa shape index (κ3) is 8.64. The number of hydrogen-bond acceptors (Lipinski definition) is 6. The molecule has 236 valence electrons. The number of nitriles is 1. The first kappa shape index (κ1) is 32.6. The molecule has 0 unspecified atom stereocenters. The van der Waals surface area contributed by atoms with Crippen LogP contribution < -0.4 is 31.3 Å². The van der Waals surface area contributed by atoms with Crippen LogP contribution in [0.5, 0.6) is 5.75 Å². The first-order valence-electron chi connectivity index (χ1n) is 14.2. The molecule has 5 N–H and O–H groups in total. The van der Waals surface area contributed by atoms with Crippen molar-refractivity contribution in [1.82, 2.24) is 25.1 Å². The summed E-state index contributed by atoms with van der Waals surface area (Å²) in [6, 6.07) is 18.0. The molecule has 0 aliphatic heterocycles. The molecule has 0 atom stereocenters. The van der Waals surface area contributed by atoms with Crippen molar-refractivity contribution < 1.29 is 19.1 Å². The molecule has 2 aromatic heterocycles. The predicted molar refractivity (Wildman–Crippen MR) is 178 cm³/mol. The Balaban J connectivity index is 1.31. The first-order valence-corrected chi connectivity index (χ1v) is 14.2. The maximum Gasteiger partial charge on any atom is 0.272 e. The Labute approximate surface area is 266 Å². The molecule has 2 aromatic carbocycles. The zero-order valence-corrected chi connectivity index (χ0v) is 25.9. The number of nitrogens with one attached hydrogen (secondary N) is 5. The maximum atomic E-state index is 13.1. The molecule has 4 aromatic rings. The number of hydrogen-bond donors (Lipinski definition) is 5. The Morgan fingerprint density at radius 2 is 1.43 bits per heavy atom. The zero-order valence-electron chi connectivity index (χ0n) is 25.9. The summed E-state index contributed by atoms with van der Waals surface area (Å²) in [4.78, 5) is 42.5. The number of ether oxygens (including phenoxy) is 1. The fraction of sp³-hybridized carbons (Fsp3) is 0.182. The summed E-state index contributed by atoms with van der Waals surface area (Å²) >= 11 is 0. The number of carbonyl (C=O) groups excluding carboxylic acids is 3. The lowest BCUT2D eigenvalue weighted by Gasteiger charge is -2.08. The summed E-state index contributed by atoms with van der Waals surface area (Å²) in [5, 5.41) is 22.4. The van der Waals surface area contributed by atoms with Crippen LogP contribution in [0, 0.1) is 11.5 Å². The van der Waals surface area contributed by atoms with Crippen LogP contribution >= 0.6 is 0 Å². The molecule has 0 radical (unpaired) electrons. The first-order chi connectivity index (χ1) is 22.2. The second-order valence-electron chi connectivity index (χ2n) is 10.1. The van der Waals surface area contributed by atoms with E-state index in [1.54, 1.807) is 73.2 Å². The molecule has 0 aliphatic rings. The van der Waals surface area contributed by atoms with Gasteiger partial charge in [-0.3, -0.25) is 24.7 Å². The Morgan fingerprint density at radius 3 is 2.07 bits per heavy atom. The fourth-order valence-corrected chi connectivity index (χ4v) is 4.48. The molecule has 0 spiro atoms. The smallest absolute Gasteiger partial charge is 0.272 e. The van der Waals surface area contributed by atoms with Gasteiger partial charge in [-0.2, -0.15) is 5.26 Å². The third-order valence-electron chi connectivity index (χ3n) is 6.83. The highest BCUT2D eigenvalue weighted by Gasteiger charge is 2.17. The average Bonchev–Trinajstić information content (AvgIpc) is 3.62. The van der Waals surface area contributed by atoms with Gasteiger partial charge in [0.2, 0.25) is 5.96 Å². The van der Waals surface area contributed by atoms with E-state index in [0.29, 0.717) is 40.8 Å². The molecule has 0 bridgehead atoms. The molecule has 0 saturated heterocycles. The number of guanidine groups is 1. The maximum absolute atomic E-state index is 13.1. The molecule has 13 nitrogen and oxygen atoms in total. The van der Waals surface area contributed by atoms with E-state index in [1.165, 1.54) is 7.05 Å². The zero-order chi connectivity index (χ0) is 33.1. The Hall–Kier alpha value is -6.29. The Kier molecular flexibility index (Phi) is 10.9. The molecule has 0 aliphatic carbocycles. The molecular formula is C33H35N9O4. The van der Waals surface area contributed by atoms with Crippen LogP contribution in [0.4, 0.5) is 11.4 Å². The topological polar surface area (TPSA) is 167 Å². The number of anilines is 2. The lowest BCUT2D eigenvalue weighted by molar-refractivity contribution is 0.0944. The molecule has 4 rings (SSSR count). The second kappa shape index (κ2) is 15.4. The van der Waals surface area contributed by atoms with Crippen LogP contribution in [-0.4, -0.2) is 60.1 Å². The molecule has 3 amide bonds. The minimum Gasteiger partial charge on any atom is -0.497 e. The number of methoxy groups -OCH3 is 1. The Morgan fingerprint density at radius 1 is 0.826 bits per heavy atom. The van der Waals surface area contributed by atoms with Crippen molar-refractivity contribution in [2.75, 3.05) is 37.9 Å². The standard InChI is InChI=1S/C33H35N9O4/c1-35-33(38-21-34)37-15-14-36-31(44)28-17-26(20-41(28)2)40-32(45)29-18-25(19-42(29)3)39-30(43)24-12-10-22(11-13-24)8-9-23-6-5-7-27(16-23)46-4/h5-13,16-20H,14-15H2,1-4H3,(H,36,44)(H,39,43)(H,40,45)(H2,35,37,38)/b9-8+. The van der Waals surface area contributed by atoms with Gasteiger partial charge in [0, 0.05) is 52.2 Å². The number of aryl methyl sites for hydroxylation is 2. The summed E-state index contributed by atoms with van der Waals surface area (Å²) in [7, 11) is 6.55. The number of aliphatic imine (C=N–C) groups is 1. The van der Waals surface area contributed by atoms with E-state index in [1.807, 2.05) is 48.6 Å². The highest BCUT2D eigenvalue weighted by Crippen LogP contribution is 2.19.